The van der Waals surface area contributed by atoms with Gasteiger partial charge in [0.1, 0.15) is 11.3 Å². The maximum absolute atomic E-state index is 12.7. The summed E-state index contributed by atoms with van der Waals surface area (Å²) in [6, 6.07) is 9.31. The van der Waals surface area contributed by atoms with Gasteiger partial charge in [-0.3, -0.25) is 4.79 Å². The number of aromatic nitrogens is 3. The van der Waals surface area contributed by atoms with Crippen molar-refractivity contribution < 1.29 is 9.90 Å². The summed E-state index contributed by atoms with van der Waals surface area (Å²) >= 11 is 0. The number of benzene rings is 1. The molecule has 1 atom stereocenters. The Bertz CT molecular complexity index is 823. The van der Waals surface area contributed by atoms with Crippen LogP contribution < -0.4 is 0 Å². The first kappa shape index (κ1) is 17.1. The highest BCUT2D eigenvalue weighted by Crippen LogP contribution is 2.31. The van der Waals surface area contributed by atoms with Crippen LogP contribution in [0.4, 0.5) is 0 Å². The van der Waals surface area contributed by atoms with Crippen molar-refractivity contribution in [1.82, 2.24) is 19.9 Å². The average molecular weight is 339 g/mol. The number of nitrogens with zero attached hydrogens (tertiary/aromatic N) is 5. The lowest BCUT2D eigenvalue weighted by atomic mass is 10.00. The molecule has 2 aromatic rings. The molecule has 25 heavy (non-hydrogen) atoms. The fourth-order valence-electron chi connectivity index (χ4n) is 3.01. The summed E-state index contributed by atoms with van der Waals surface area (Å²) in [4.78, 5) is 14.4. The van der Waals surface area contributed by atoms with Crippen LogP contribution in [0.15, 0.2) is 30.5 Å². The quantitative estimate of drug-likeness (QED) is 0.914. The minimum absolute atomic E-state index is 0.146. The summed E-state index contributed by atoms with van der Waals surface area (Å²) < 4.78 is 1.70. The monoisotopic (exact) mass is 339 g/mol. The van der Waals surface area contributed by atoms with Gasteiger partial charge in [0.25, 0.3) is 5.91 Å². The Morgan fingerprint density at radius 2 is 2.28 bits per heavy atom. The maximum Gasteiger partial charge on any atom is 0.253 e. The molecule has 1 aliphatic rings. The Labute approximate surface area is 146 Å². The molecule has 0 bridgehead atoms. The SMILES string of the molecule is CC(C)n1cc([C@@]2(O)CCN(C(=O)c3cccc(CC#N)c3)C2)nn1. The molecule has 1 saturated heterocycles. The van der Waals surface area contributed by atoms with E-state index in [4.69, 9.17) is 5.26 Å². The second-order valence-electron chi connectivity index (χ2n) is 6.72. The molecule has 1 aromatic heterocycles. The van der Waals surface area contributed by atoms with Crippen molar-refractivity contribution in [2.45, 2.75) is 38.3 Å². The molecular weight excluding hydrogens is 318 g/mol. The Morgan fingerprint density at radius 1 is 1.48 bits per heavy atom. The highest BCUT2D eigenvalue weighted by atomic mass is 16.3. The van der Waals surface area contributed by atoms with E-state index in [1.165, 1.54) is 0 Å². The number of aliphatic hydroxyl groups is 1. The van der Waals surface area contributed by atoms with Gasteiger partial charge in [0.15, 0.2) is 0 Å². The number of rotatable bonds is 4. The van der Waals surface area contributed by atoms with Crippen LogP contribution in [0.3, 0.4) is 0 Å². The molecule has 0 aliphatic carbocycles. The molecule has 2 heterocycles. The van der Waals surface area contributed by atoms with E-state index in [2.05, 4.69) is 16.4 Å². The van der Waals surface area contributed by atoms with Gasteiger partial charge in [0.05, 0.1) is 25.2 Å². The lowest BCUT2D eigenvalue weighted by Gasteiger charge is -2.21. The van der Waals surface area contributed by atoms with Gasteiger partial charge in [0, 0.05) is 24.6 Å². The maximum atomic E-state index is 12.7. The zero-order chi connectivity index (χ0) is 18.0. The lowest BCUT2D eigenvalue weighted by Crippen LogP contribution is -2.34. The topological polar surface area (TPSA) is 95.0 Å². The predicted octanol–water partition coefficient (Wildman–Crippen LogP) is 1.66. The minimum Gasteiger partial charge on any atom is -0.381 e. The zero-order valence-electron chi connectivity index (χ0n) is 14.4. The third kappa shape index (κ3) is 3.39. The van der Waals surface area contributed by atoms with E-state index in [-0.39, 0.29) is 24.9 Å². The number of hydrogen-bond acceptors (Lipinski definition) is 5. The van der Waals surface area contributed by atoms with Crippen molar-refractivity contribution in [3.8, 4) is 6.07 Å². The van der Waals surface area contributed by atoms with Crippen molar-refractivity contribution >= 4 is 5.91 Å². The minimum atomic E-state index is -1.17. The number of likely N-dealkylation sites (tertiary alicyclic amines) is 1. The van der Waals surface area contributed by atoms with E-state index < -0.39 is 5.60 Å². The van der Waals surface area contributed by atoms with E-state index in [1.807, 2.05) is 19.9 Å². The highest BCUT2D eigenvalue weighted by Gasteiger charge is 2.42. The first-order valence-corrected chi connectivity index (χ1v) is 8.33. The van der Waals surface area contributed by atoms with Crippen molar-refractivity contribution in [3.05, 3.63) is 47.3 Å². The summed E-state index contributed by atoms with van der Waals surface area (Å²) in [5.41, 5.74) is 0.660. The first-order chi connectivity index (χ1) is 11.9. The Hall–Kier alpha value is -2.72. The highest BCUT2D eigenvalue weighted by molar-refractivity contribution is 5.94. The van der Waals surface area contributed by atoms with Gasteiger partial charge in [-0.25, -0.2) is 4.68 Å². The molecule has 1 fully saturated rings. The van der Waals surface area contributed by atoms with Crippen LogP contribution in [-0.4, -0.2) is 44.0 Å². The molecule has 130 valence electrons. The molecule has 1 N–H and O–H groups in total. The van der Waals surface area contributed by atoms with Crippen LogP contribution in [0.5, 0.6) is 0 Å². The van der Waals surface area contributed by atoms with Gasteiger partial charge >= 0.3 is 0 Å². The molecule has 7 heteroatoms. The van der Waals surface area contributed by atoms with E-state index in [9.17, 15) is 9.90 Å². The normalized spacial score (nSPS) is 20.0. The summed E-state index contributed by atoms with van der Waals surface area (Å²) in [7, 11) is 0. The first-order valence-electron chi connectivity index (χ1n) is 8.33. The molecule has 1 aliphatic heterocycles. The van der Waals surface area contributed by atoms with Crippen molar-refractivity contribution in [2.24, 2.45) is 0 Å². The smallest absolute Gasteiger partial charge is 0.253 e. The van der Waals surface area contributed by atoms with Gasteiger partial charge in [-0.05, 0) is 31.5 Å². The molecule has 1 amide bonds. The summed E-state index contributed by atoms with van der Waals surface area (Å²) in [5, 5.41) is 27.8. The number of amides is 1. The molecule has 0 radical (unpaired) electrons. The average Bonchev–Trinajstić information content (AvgIpc) is 3.23. The Morgan fingerprint density at radius 3 is 2.96 bits per heavy atom. The van der Waals surface area contributed by atoms with Crippen LogP contribution in [0.2, 0.25) is 0 Å². The molecule has 0 unspecified atom stereocenters. The molecule has 7 nitrogen and oxygen atoms in total. The standard InChI is InChI=1S/C18H21N5O2/c1-13(2)23-11-16(20-21-23)18(25)7-9-22(12-18)17(24)15-5-3-4-14(10-15)6-8-19/h3-5,10-11,13,25H,6-7,9,12H2,1-2H3/t18-/m1/s1. The number of carbonyl (C=O) groups is 1. The van der Waals surface area contributed by atoms with Gasteiger partial charge in [-0.2, -0.15) is 5.26 Å². The van der Waals surface area contributed by atoms with E-state index in [1.54, 1.807) is 34.0 Å². The molecule has 0 saturated carbocycles. The largest absolute Gasteiger partial charge is 0.381 e. The van der Waals surface area contributed by atoms with Crippen LogP contribution in [-0.2, 0) is 12.0 Å². The van der Waals surface area contributed by atoms with Gasteiger partial charge in [-0.15, -0.1) is 5.10 Å². The lowest BCUT2D eigenvalue weighted by molar-refractivity contribution is 0.0381. The fraction of sp³-hybridized carbons (Fsp3) is 0.444. The van der Waals surface area contributed by atoms with Crippen LogP contribution in [0, 0.1) is 11.3 Å². The molecule has 0 spiro atoms. The van der Waals surface area contributed by atoms with Crippen LogP contribution >= 0.6 is 0 Å². The van der Waals surface area contributed by atoms with Crippen molar-refractivity contribution in [2.75, 3.05) is 13.1 Å². The molecule has 1 aromatic carbocycles. The van der Waals surface area contributed by atoms with E-state index in [0.29, 0.717) is 24.2 Å². The fourth-order valence-corrected chi connectivity index (χ4v) is 3.01. The molecular formula is C18H21N5O2. The van der Waals surface area contributed by atoms with E-state index in [0.717, 1.165) is 5.56 Å². The Kier molecular flexibility index (Phi) is 4.55. The number of β-amino-alcohol motifs (C(OH)–C–C–N with tert-alkyl or cyclic N) is 1. The van der Waals surface area contributed by atoms with Crippen molar-refractivity contribution in [1.29, 1.82) is 5.26 Å². The third-order valence-corrected chi connectivity index (χ3v) is 4.51. The van der Waals surface area contributed by atoms with Crippen LogP contribution in [0.1, 0.15) is 47.9 Å². The van der Waals surface area contributed by atoms with Gasteiger partial charge in [0.2, 0.25) is 0 Å². The number of nitriles is 1. The molecule has 3 rings (SSSR count). The second-order valence-corrected chi connectivity index (χ2v) is 6.72. The van der Waals surface area contributed by atoms with Gasteiger partial charge in [-0.1, -0.05) is 17.3 Å². The van der Waals surface area contributed by atoms with Crippen molar-refractivity contribution in [3.63, 3.8) is 0 Å². The summed E-state index contributed by atoms with van der Waals surface area (Å²) in [5.74, 6) is -0.146. The summed E-state index contributed by atoms with van der Waals surface area (Å²) in [6.45, 7) is 4.61. The number of carbonyl (C=O) groups excluding carboxylic acids is 1. The number of hydrogen-bond donors (Lipinski definition) is 1. The predicted molar refractivity (Wildman–Crippen MR) is 90.6 cm³/mol. The van der Waals surface area contributed by atoms with Gasteiger partial charge < -0.3 is 10.0 Å². The van der Waals surface area contributed by atoms with E-state index >= 15 is 0 Å². The second kappa shape index (κ2) is 6.65. The third-order valence-electron chi connectivity index (χ3n) is 4.51. The zero-order valence-corrected chi connectivity index (χ0v) is 14.4. The summed E-state index contributed by atoms with van der Waals surface area (Å²) in [6.07, 6.45) is 2.43. The Balaban J connectivity index is 1.76. The van der Waals surface area contributed by atoms with Crippen LogP contribution in [0.25, 0.3) is 0 Å².